The van der Waals surface area contributed by atoms with Crippen molar-refractivity contribution >= 4 is 57.9 Å². The Balaban J connectivity index is 1.40. The molecule has 0 aliphatic carbocycles. The number of non-ortho nitro benzene ring substituents is 1. The van der Waals surface area contributed by atoms with Gasteiger partial charge in [0.15, 0.2) is 5.75 Å². The number of imide groups is 1. The van der Waals surface area contributed by atoms with E-state index in [1.165, 1.54) is 17.0 Å². The monoisotopic (exact) mass is 542 g/mol. The molecule has 1 aliphatic rings. The van der Waals surface area contributed by atoms with Gasteiger partial charge in [-0.25, -0.2) is 0 Å². The zero-order valence-electron chi connectivity index (χ0n) is 18.9. The van der Waals surface area contributed by atoms with Crippen molar-refractivity contribution in [2.45, 2.75) is 19.4 Å². The fraction of sp³-hybridized carbons (Fsp3) is 0.154. The summed E-state index contributed by atoms with van der Waals surface area (Å²) < 4.78 is 5.73. The largest absolute Gasteiger partial charge is 0.486 e. The molecule has 1 fully saturated rings. The van der Waals surface area contributed by atoms with Crippen LogP contribution in [-0.2, 0) is 17.8 Å². The van der Waals surface area contributed by atoms with Crippen molar-refractivity contribution in [3.05, 3.63) is 108 Å². The number of carbonyl (C=O) groups excluding carboxylic acids is 2. The number of carbonyl (C=O) groups is 2. The molecule has 7 nitrogen and oxygen atoms in total. The molecule has 1 aliphatic heterocycles. The summed E-state index contributed by atoms with van der Waals surface area (Å²) in [7, 11) is 0. The maximum Gasteiger partial charge on any atom is 0.293 e. The minimum Gasteiger partial charge on any atom is -0.486 e. The molecular weight excluding hydrogens is 523 g/mol. The number of hydrogen-bond donors (Lipinski definition) is 0. The number of ether oxygens (including phenoxy) is 1. The van der Waals surface area contributed by atoms with Crippen LogP contribution < -0.4 is 4.74 Å². The van der Waals surface area contributed by atoms with Gasteiger partial charge in [0.25, 0.3) is 16.8 Å². The topological polar surface area (TPSA) is 89.7 Å². The van der Waals surface area contributed by atoms with Gasteiger partial charge in [-0.2, -0.15) is 0 Å². The molecule has 0 radical (unpaired) electrons. The van der Waals surface area contributed by atoms with E-state index < -0.39 is 4.92 Å². The van der Waals surface area contributed by atoms with E-state index in [1.54, 1.807) is 30.3 Å². The maximum atomic E-state index is 12.8. The molecule has 3 aromatic carbocycles. The summed E-state index contributed by atoms with van der Waals surface area (Å²) >= 11 is 13.6. The number of thioether (sulfide) groups is 1. The van der Waals surface area contributed by atoms with Crippen LogP contribution in [0, 0.1) is 10.1 Å². The predicted molar refractivity (Wildman–Crippen MR) is 141 cm³/mol. The normalized spacial score (nSPS) is 14.5. The molecule has 0 bridgehead atoms. The Labute approximate surface area is 221 Å². The number of hydrogen-bond acceptors (Lipinski definition) is 6. The van der Waals surface area contributed by atoms with Crippen molar-refractivity contribution in [2.24, 2.45) is 0 Å². The van der Waals surface area contributed by atoms with Crippen molar-refractivity contribution in [1.82, 2.24) is 4.90 Å². The molecule has 3 aromatic rings. The van der Waals surface area contributed by atoms with Gasteiger partial charge in [-0.05, 0) is 71.6 Å². The highest BCUT2D eigenvalue weighted by Gasteiger charge is 2.34. The van der Waals surface area contributed by atoms with Crippen molar-refractivity contribution < 1.29 is 19.2 Å². The van der Waals surface area contributed by atoms with Gasteiger partial charge in [0.05, 0.1) is 19.9 Å². The Kier molecular flexibility index (Phi) is 8.30. The van der Waals surface area contributed by atoms with Crippen LogP contribution in [0.5, 0.6) is 5.75 Å². The lowest BCUT2D eigenvalue weighted by atomic mass is 10.1. The molecule has 4 rings (SSSR count). The Bertz CT molecular complexity index is 1310. The second-order valence-corrected chi connectivity index (χ2v) is 9.76. The van der Waals surface area contributed by atoms with Crippen molar-refractivity contribution in [3.63, 3.8) is 0 Å². The number of benzene rings is 3. The van der Waals surface area contributed by atoms with Gasteiger partial charge in [-0.15, -0.1) is 0 Å². The highest BCUT2D eigenvalue weighted by molar-refractivity contribution is 8.18. The first kappa shape index (κ1) is 25.8. The first-order valence-electron chi connectivity index (χ1n) is 11.0. The summed E-state index contributed by atoms with van der Waals surface area (Å²) in [5.74, 6) is -0.0911. The molecule has 36 heavy (non-hydrogen) atoms. The number of aryl methyl sites for hydroxylation is 1. The number of amides is 2. The van der Waals surface area contributed by atoms with Gasteiger partial charge >= 0.3 is 0 Å². The highest BCUT2D eigenvalue weighted by Crippen LogP contribution is 2.38. The third-order valence-electron chi connectivity index (χ3n) is 5.41. The van der Waals surface area contributed by atoms with Crippen molar-refractivity contribution in [3.8, 4) is 5.75 Å². The first-order chi connectivity index (χ1) is 17.3. The fourth-order valence-corrected chi connectivity index (χ4v) is 5.08. The molecular formula is C26H20Cl2N2O5S. The summed E-state index contributed by atoms with van der Waals surface area (Å²) in [6, 6.07) is 19.0. The smallest absolute Gasteiger partial charge is 0.293 e. The standard InChI is InChI=1S/C26H20Cl2N2O5S/c27-21-13-19(14-22(28)24(21)35-16-18-8-10-20(11-9-18)30(33)34)15-23-25(31)29(26(32)36-23)12-4-7-17-5-2-1-3-6-17/h1-3,5-6,8-11,13-15H,4,7,12,16H2/b23-15+. The van der Waals surface area contributed by atoms with Gasteiger partial charge in [0.2, 0.25) is 0 Å². The van der Waals surface area contributed by atoms with Crippen molar-refractivity contribution in [2.75, 3.05) is 6.54 Å². The fourth-order valence-electron chi connectivity index (χ4n) is 3.60. The van der Waals surface area contributed by atoms with E-state index >= 15 is 0 Å². The molecule has 2 amide bonds. The molecule has 10 heteroatoms. The first-order valence-corrected chi connectivity index (χ1v) is 12.5. The van der Waals surface area contributed by atoms with E-state index in [0.717, 1.165) is 23.7 Å². The zero-order chi connectivity index (χ0) is 25.7. The summed E-state index contributed by atoms with van der Waals surface area (Å²) in [5.41, 5.74) is 2.40. The highest BCUT2D eigenvalue weighted by atomic mass is 35.5. The van der Waals surface area contributed by atoms with E-state index in [-0.39, 0.29) is 39.2 Å². The Morgan fingerprint density at radius 2 is 1.64 bits per heavy atom. The van der Waals surface area contributed by atoms with Gasteiger partial charge in [-0.1, -0.05) is 53.5 Å². The van der Waals surface area contributed by atoms with E-state index in [4.69, 9.17) is 27.9 Å². The van der Waals surface area contributed by atoms with Gasteiger partial charge in [-0.3, -0.25) is 24.6 Å². The van der Waals surface area contributed by atoms with E-state index in [0.29, 0.717) is 29.0 Å². The number of nitrogens with zero attached hydrogens (tertiary/aromatic N) is 2. The maximum absolute atomic E-state index is 12.8. The van der Waals surface area contributed by atoms with Crippen LogP contribution in [-0.4, -0.2) is 27.5 Å². The number of halogens is 2. The zero-order valence-corrected chi connectivity index (χ0v) is 21.2. The molecule has 184 valence electrons. The van der Waals surface area contributed by atoms with Gasteiger partial charge in [0.1, 0.15) is 6.61 Å². The summed E-state index contributed by atoms with van der Waals surface area (Å²) in [6.07, 6.45) is 3.03. The molecule has 0 saturated carbocycles. The van der Waals surface area contributed by atoms with Gasteiger partial charge < -0.3 is 4.74 Å². The number of nitro groups is 1. The summed E-state index contributed by atoms with van der Waals surface area (Å²) in [5, 5.41) is 10.9. The lowest BCUT2D eigenvalue weighted by molar-refractivity contribution is -0.384. The predicted octanol–water partition coefficient (Wildman–Crippen LogP) is 7.15. The van der Waals surface area contributed by atoms with Gasteiger partial charge in [0, 0.05) is 18.7 Å². The third-order valence-corrected chi connectivity index (χ3v) is 6.88. The van der Waals surface area contributed by atoms with Crippen LogP contribution >= 0.6 is 35.0 Å². The third kappa shape index (κ3) is 6.26. The molecule has 0 aromatic heterocycles. The van der Waals surface area contributed by atoms with Crippen LogP contribution in [0.25, 0.3) is 6.08 Å². The van der Waals surface area contributed by atoms with Crippen molar-refractivity contribution in [1.29, 1.82) is 0 Å². The van der Waals surface area contributed by atoms with Crippen LogP contribution in [0.4, 0.5) is 10.5 Å². The Morgan fingerprint density at radius 1 is 0.972 bits per heavy atom. The van der Waals surface area contributed by atoms with E-state index in [9.17, 15) is 19.7 Å². The quantitative estimate of drug-likeness (QED) is 0.162. The second-order valence-electron chi connectivity index (χ2n) is 7.95. The summed E-state index contributed by atoms with van der Waals surface area (Å²) in [6.45, 7) is 0.451. The number of nitro benzene ring substituents is 1. The van der Waals surface area contributed by atoms with Crippen LogP contribution in [0.3, 0.4) is 0 Å². The van der Waals surface area contributed by atoms with Crippen LogP contribution in [0.2, 0.25) is 10.0 Å². The molecule has 0 spiro atoms. The molecule has 0 unspecified atom stereocenters. The molecule has 1 heterocycles. The average Bonchev–Trinajstić information content (AvgIpc) is 3.11. The van der Waals surface area contributed by atoms with Crippen LogP contribution in [0.15, 0.2) is 71.6 Å². The molecule has 1 saturated heterocycles. The SMILES string of the molecule is O=C1S/C(=C/c2cc(Cl)c(OCc3ccc([N+](=O)[O-])cc3)c(Cl)c2)C(=O)N1CCCc1ccccc1. The minimum absolute atomic E-state index is 0.0141. The molecule has 0 N–H and O–H groups in total. The summed E-state index contributed by atoms with van der Waals surface area (Å²) in [4.78, 5) is 37.1. The van der Waals surface area contributed by atoms with E-state index in [2.05, 4.69) is 0 Å². The minimum atomic E-state index is -0.476. The average molecular weight is 543 g/mol. The van der Waals surface area contributed by atoms with E-state index in [1.807, 2.05) is 30.3 Å². The number of rotatable bonds is 9. The lowest BCUT2D eigenvalue weighted by Gasteiger charge is -2.12. The lowest BCUT2D eigenvalue weighted by Crippen LogP contribution is -2.29. The second kappa shape index (κ2) is 11.6. The Morgan fingerprint density at radius 3 is 2.28 bits per heavy atom. The Hall–Kier alpha value is -3.33. The van der Waals surface area contributed by atoms with Crippen LogP contribution in [0.1, 0.15) is 23.1 Å². The molecule has 0 atom stereocenters.